The molecule has 0 bridgehead atoms. The Bertz CT molecular complexity index is 1080. The van der Waals surface area contributed by atoms with Gasteiger partial charge in [0.25, 0.3) is 5.91 Å². The largest absolute Gasteiger partial charge is 0.355 e. The first-order chi connectivity index (χ1) is 13.2. The zero-order chi connectivity index (χ0) is 20.9. The molecule has 1 aromatic heterocycles. The van der Waals surface area contributed by atoms with Crippen molar-refractivity contribution in [1.29, 1.82) is 5.26 Å². The summed E-state index contributed by atoms with van der Waals surface area (Å²) in [5.74, 6) is -0.996. The number of carbonyl (C=O) groups is 2. The van der Waals surface area contributed by atoms with Gasteiger partial charge in [-0.1, -0.05) is 11.6 Å². The third-order valence-electron chi connectivity index (χ3n) is 3.51. The average molecular weight is 422 g/mol. The summed E-state index contributed by atoms with van der Waals surface area (Å²) >= 11 is 5.91. The van der Waals surface area contributed by atoms with Crippen LogP contribution in [-0.4, -0.2) is 38.5 Å². The van der Waals surface area contributed by atoms with Crippen LogP contribution in [0.2, 0.25) is 5.15 Å². The van der Waals surface area contributed by atoms with Crippen LogP contribution in [0.1, 0.15) is 16.8 Å². The molecule has 28 heavy (non-hydrogen) atoms. The van der Waals surface area contributed by atoms with Crippen molar-refractivity contribution in [3.05, 3.63) is 41.2 Å². The standard InChI is InChI=1S/C17H16ClN5O4S/c1-20-17(25)11-9-21-15(18)8-12(11)23-13-7-10(22-16(24)5-6-19)3-4-14(13)28(2,26)27/h3-4,7-9H,5H2,1-2H3,(H,20,25)(H,21,23)(H,22,24). The summed E-state index contributed by atoms with van der Waals surface area (Å²) in [4.78, 5) is 27.5. The van der Waals surface area contributed by atoms with Gasteiger partial charge >= 0.3 is 0 Å². The number of carbonyl (C=O) groups excluding carboxylic acids is 2. The molecule has 1 aromatic carbocycles. The van der Waals surface area contributed by atoms with Crippen molar-refractivity contribution >= 4 is 50.3 Å². The summed E-state index contributed by atoms with van der Waals surface area (Å²) in [5.41, 5.74) is 0.761. The second kappa shape index (κ2) is 8.69. The average Bonchev–Trinajstić information content (AvgIpc) is 2.60. The van der Waals surface area contributed by atoms with Crippen LogP contribution in [0.3, 0.4) is 0 Å². The number of nitriles is 1. The maximum absolute atomic E-state index is 12.1. The van der Waals surface area contributed by atoms with Crippen LogP contribution in [0.25, 0.3) is 0 Å². The Morgan fingerprint density at radius 1 is 1.25 bits per heavy atom. The lowest BCUT2D eigenvalue weighted by Gasteiger charge is -2.15. The molecule has 11 heteroatoms. The molecule has 2 rings (SSSR count). The quantitative estimate of drug-likeness (QED) is 0.606. The van der Waals surface area contributed by atoms with E-state index in [0.717, 1.165) is 6.26 Å². The van der Waals surface area contributed by atoms with Gasteiger partial charge < -0.3 is 16.0 Å². The van der Waals surface area contributed by atoms with E-state index in [4.69, 9.17) is 16.9 Å². The molecule has 9 nitrogen and oxygen atoms in total. The molecule has 0 spiro atoms. The zero-order valence-corrected chi connectivity index (χ0v) is 16.5. The Hall–Kier alpha value is -3.16. The minimum Gasteiger partial charge on any atom is -0.355 e. The number of hydrogen-bond donors (Lipinski definition) is 3. The topological polar surface area (TPSA) is 141 Å². The Labute approximate surface area is 166 Å². The highest BCUT2D eigenvalue weighted by molar-refractivity contribution is 7.90. The van der Waals surface area contributed by atoms with Crippen molar-refractivity contribution in [1.82, 2.24) is 10.3 Å². The lowest BCUT2D eigenvalue weighted by molar-refractivity contribution is -0.115. The predicted octanol–water partition coefficient (Wildman–Crippen LogP) is 2.09. The van der Waals surface area contributed by atoms with Crippen molar-refractivity contribution in [2.45, 2.75) is 11.3 Å². The monoisotopic (exact) mass is 421 g/mol. The van der Waals surface area contributed by atoms with Gasteiger partial charge in [0, 0.05) is 25.2 Å². The number of benzene rings is 1. The fourth-order valence-electron chi connectivity index (χ4n) is 2.30. The van der Waals surface area contributed by atoms with Gasteiger partial charge in [0.15, 0.2) is 9.84 Å². The molecule has 0 aliphatic rings. The molecule has 2 aromatic rings. The zero-order valence-electron chi connectivity index (χ0n) is 14.9. The number of hydrogen-bond acceptors (Lipinski definition) is 7. The SMILES string of the molecule is CNC(=O)c1cnc(Cl)cc1Nc1cc(NC(=O)CC#N)ccc1S(C)(=O)=O. The molecule has 0 atom stereocenters. The van der Waals surface area contributed by atoms with Crippen LogP contribution in [-0.2, 0) is 14.6 Å². The summed E-state index contributed by atoms with van der Waals surface area (Å²) in [5, 5.41) is 16.5. The molecular formula is C17H16ClN5O4S. The van der Waals surface area contributed by atoms with Crippen LogP contribution in [0.15, 0.2) is 35.4 Å². The maximum atomic E-state index is 12.1. The van der Waals surface area contributed by atoms with Gasteiger partial charge in [-0.2, -0.15) is 5.26 Å². The fourth-order valence-corrected chi connectivity index (χ4v) is 3.28. The summed E-state index contributed by atoms with van der Waals surface area (Å²) in [7, 11) is -2.20. The van der Waals surface area contributed by atoms with Crippen LogP contribution in [0.4, 0.5) is 17.1 Å². The van der Waals surface area contributed by atoms with Crippen molar-refractivity contribution < 1.29 is 18.0 Å². The van der Waals surface area contributed by atoms with Crippen LogP contribution in [0, 0.1) is 11.3 Å². The number of nitrogens with zero attached hydrogens (tertiary/aromatic N) is 2. The smallest absolute Gasteiger partial charge is 0.254 e. The van der Waals surface area contributed by atoms with Gasteiger partial charge in [0.1, 0.15) is 11.6 Å². The van der Waals surface area contributed by atoms with Crippen LogP contribution >= 0.6 is 11.6 Å². The second-order valence-corrected chi connectivity index (χ2v) is 7.99. The minimum atomic E-state index is -3.63. The van der Waals surface area contributed by atoms with E-state index in [0.29, 0.717) is 0 Å². The van der Waals surface area contributed by atoms with Gasteiger partial charge in [-0.25, -0.2) is 13.4 Å². The van der Waals surface area contributed by atoms with Gasteiger partial charge in [-0.05, 0) is 24.3 Å². The molecule has 1 heterocycles. The number of rotatable bonds is 6. The highest BCUT2D eigenvalue weighted by Crippen LogP contribution is 2.30. The van der Waals surface area contributed by atoms with E-state index in [-0.39, 0.29) is 39.1 Å². The lowest BCUT2D eigenvalue weighted by atomic mass is 10.2. The third kappa shape index (κ3) is 5.18. The maximum Gasteiger partial charge on any atom is 0.254 e. The van der Waals surface area contributed by atoms with E-state index in [9.17, 15) is 18.0 Å². The van der Waals surface area contributed by atoms with E-state index in [2.05, 4.69) is 20.9 Å². The molecule has 0 saturated heterocycles. The van der Waals surface area contributed by atoms with Crippen LogP contribution in [0.5, 0.6) is 0 Å². The van der Waals surface area contributed by atoms with E-state index < -0.39 is 21.7 Å². The Morgan fingerprint density at radius 2 is 1.96 bits per heavy atom. The first kappa shape index (κ1) is 21.1. The second-order valence-electron chi connectivity index (χ2n) is 5.62. The molecule has 0 radical (unpaired) electrons. The van der Waals surface area contributed by atoms with Gasteiger partial charge in [0.2, 0.25) is 5.91 Å². The molecular weight excluding hydrogens is 406 g/mol. The summed E-state index contributed by atoms with van der Waals surface area (Å²) in [6, 6.07) is 7.18. The third-order valence-corrected chi connectivity index (χ3v) is 4.88. The van der Waals surface area contributed by atoms with E-state index in [1.807, 2.05) is 0 Å². The Kier molecular flexibility index (Phi) is 6.56. The number of halogens is 1. The first-order valence-corrected chi connectivity index (χ1v) is 10.1. The highest BCUT2D eigenvalue weighted by atomic mass is 35.5. The van der Waals surface area contributed by atoms with E-state index in [1.165, 1.54) is 37.5 Å². The molecule has 0 aliphatic carbocycles. The first-order valence-electron chi connectivity index (χ1n) is 7.81. The number of anilines is 3. The lowest BCUT2D eigenvalue weighted by Crippen LogP contribution is -2.19. The normalized spacial score (nSPS) is 10.6. The Morgan fingerprint density at radius 3 is 2.57 bits per heavy atom. The number of nitrogens with one attached hydrogen (secondary N) is 3. The molecule has 0 fully saturated rings. The van der Waals surface area contributed by atoms with Crippen molar-refractivity contribution in [2.24, 2.45) is 0 Å². The Balaban J connectivity index is 2.54. The van der Waals surface area contributed by atoms with Crippen molar-refractivity contribution in [3.8, 4) is 6.07 Å². The molecule has 2 amide bonds. The van der Waals surface area contributed by atoms with Gasteiger partial charge in [-0.15, -0.1) is 0 Å². The van der Waals surface area contributed by atoms with Gasteiger partial charge in [-0.3, -0.25) is 9.59 Å². The molecule has 0 saturated carbocycles. The molecule has 146 valence electrons. The summed E-state index contributed by atoms with van der Waals surface area (Å²) in [6.45, 7) is 0. The minimum absolute atomic E-state index is 0.0541. The highest BCUT2D eigenvalue weighted by Gasteiger charge is 2.18. The number of amides is 2. The fraction of sp³-hybridized carbons (Fsp3) is 0.176. The van der Waals surface area contributed by atoms with Crippen molar-refractivity contribution in [3.63, 3.8) is 0 Å². The molecule has 0 aliphatic heterocycles. The summed E-state index contributed by atoms with van der Waals surface area (Å²) in [6.07, 6.45) is 1.93. The van der Waals surface area contributed by atoms with Crippen molar-refractivity contribution in [2.75, 3.05) is 23.9 Å². The van der Waals surface area contributed by atoms with Crippen LogP contribution < -0.4 is 16.0 Å². The van der Waals surface area contributed by atoms with E-state index in [1.54, 1.807) is 6.07 Å². The number of pyridine rings is 1. The number of aromatic nitrogens is 1. The van der Waals surface area contributed by atoms with E-state index >= 15 is 0 Å². The number of sulfone groups is 1. The molecule has 0 unspecified atom stereocenters. The van der Waals surface area contributed by atoms with Gasteiger partial charge in [0.05, 0.1) is 27.9 Å². The molecule has 3 N–H and O–H groups in total. The summed E-state index contributed by atoms with van der Waals surface area (Å²) < 4.78 is 24.3. The predicted molar refractivity (Wildman–Crippen MR) is 104 cm³/mol.